The molecule has 0 bridgehead atoms. The standard InChI is InChI=1S/C21H21NO2S/c1-14(2)21(24)20-17-8-4-5-9-18(17)22(3)19(20)13-15(23)10-11-16-7-6-12-25-16/h4-9,12,14-15,23H,13H2,1-3H3. The van der Waals surface area contributed by atoms with Gasteiger partial charge in [-0.15, -0.1) is 11.3 Å². The first-order valence-corrected chi connectivity index (χ1v) is 9.20. The summed E-state index contributed by atoms with van der Waals surface area (Å²) in [6.45, 7) is 3.81. The van der Waals surface area contributed by atoms with Gasteiger partial charge in [-0.2, -0.15) is 0 Å². The molecule has 3 rings (SSSR count). The highest BCUT2D eigenvalue weighted by Gasteiger charge is 2.23. The Hall–Kier alpha value is -2.35. The Morgan fingerprint density at radius 3 is 2.68 bits per heavy atom. The number of hydrogen-bond acceptors (Lipinski definition) is 3. The molecule has 4 heteroatoms. The quantitative estimate of drug-likeness (QED) is 0.569. The molecular formula is C21H21NO2S. The van der Waals surface area contributed by atoms with Crippen LogP contribution in [-0.2, 0) is 13.5 Å². The highest BCUT2D eigenvalue weighted by molar-refractivity contribution is 7.10. The summed E-state index contributed by atoms with van der Waals surface area (Å²) in [4.78, 5) is 13.7. The summed E-state index contributed by atoms with van der Waals surface area (Å²) < 4.78 is 2.00. The van der Waals surface area contributed by atoms with E-state index < -0.39 is 6.10 Å². The van der Waals surface area contributed by atoms with Gasteiger partial charge in [-0.25, -0.2) is 0 Å². The van der Waals surface area contributed by atoms with Crippen LogP contribution >= 0.6 is 11.3 Å². The third-order valence-corrected chi connectivity index (χ3v) is 5.05. The van der Waals surface area contributed by atoms with E-state index in [4.69, 9.17) is 0 Å². The van der Waals surface area contributed by atoms with Crippen molar-refractivity contribution in [1.82, 2.24) is 4.57 Å². The average Bonchev–Trinajstić information content (AvgIpc) is 3.20. The maximum absolute atomic E-state index is 12.8. The van der Waals surface area contributed by atoms with Crippen molar-refractivity contribution in [2.75, 3.05) is 0 Å². The number of benzene rings is 1. The second-order valence-electron chi connectivity index (χ2n) is 6.38. The van der Waals surface area contributed by atoms with Gasteiger partial charge < -0.3 is 9.67 Å². The predicted molar refractivity (Wildman–Crippen MR) is 103 cm³/mol. The maximum Gasteiger partial charge on any atom is 0.167 e. The molecule has 3 nitrogen and oxygen atoms in total. The van der Waals surface area contributed by atoms with E-state index >= 15 is 0 Å². The van der Waals surface area contributed by atoms with E-state index in [9.17, 15) is 9.90 Å². The summed E-state index contributed by atoms with van der Waals surface area (Å²) in [5.74, 6) is 5.89. The van der Waals surface area contributed by atoms with Crippen molar-refractivity contribution in [2.45, 2.75) is 26.4 Å². The molecule has 0 radical (unpaired) electrons. The van der Waals surface area contributed by atoms with Gasteiger partial charge >= 0.3 is 0 Å². The zero-order valence-electron chi connectivity index (χ0n) is 14.6. The molecule has 25 heavy (non-hydrogen) atoms. The number of carbonyl (C=O) groups is 1. The molecule has 1 unspecified atom stereocenters. The van der Waals surface area contributed by atoms with E-state index in [-0.39, 0.29) is 11.7 Å². The number of rotatable bonds is 4. The number of para-hydroxylation sites is 1. The Bertz CT molecular complexity index is 955. The number of Topliss-reactive ketones (excluding diaryl/α,β-unsaturated/α-hetero) is 1. The second-order valence-corrected chi connectivity index (χ2v) is 7.33. The Labute approximate surface area is 151 Å². The number of ketones is 1. The van der Waals surface area contributed by atoms with Crippen molar-refractivity contribution in [3.05, 3.63) is 57.9 Å². The normalized spacial score (nSPS) is 12.2. The third kappa shape index (κ3) is 3.53. The van der Waals surface area contributed by atoms with E-state index in [0.717, 1.165) is 21.5 Å². The molecule has 0 aliphatic rings. The summed E-state index contributed by atoms with van der Waals surface area (Å²) in [7, 11) is 1.94. The highest BCUT2D eigenvalue weighted by atomic mass is 32.1. The molecule has 2 aromatic heterocycles. The third-order valence-electron chi connectivity index (χ3n) is 4.27. The lowest BCUT2D eigenvalue weighted by molar-refractivity contribution is 0.0939. The van der Waals surface area contributed by atoms with E-state index in [1.54, 1.807) is 11.3 Å². The van der Waals surface area contributed by atoms with Gasteiger partial charge in [0, 0.05) is 41.5 Å². The zero-order chi connectivity index (χ0) is 18.0. The smallest absolute Gasteiger partial charge is 0.167 e. The van der Waals surface area contributed by atoms with Gasteiger partial charge in [0.15, 0.2) is 5.78 Å². The van der Waals surface area contributed by atoms with Crippen molar-refractivity contribution < 1.29 is 9.90 Å². The molecule has 0 aliphatic heterocycles. The predicted octanol–water partition coefficient (Wildman–Crippen LogP) is 4.03. The Kier molecular flexibility index (Phi) is 5.08. The molecule has 0 aliphatic carbocycles. The van der Waals surface area contributed by atoms with Crippen LogP contribution in [0.15, 0.2) is 41.8 Å². The fraction of sp³-hybridized carbons (Fsp3) is 0.286. The number of aromatic nitrogens is 1. The van der Waals surface area contributed by atoms with Gasteiger partial charge in [0.05, 0.1) is 4.88 Å². The summed E-state index contributed by atoms with van der Waals surface area (Å²) in [5, 5.41) is 13.3. The molecule has 0 saturated heterocycles. The lowest BCUT2D eigenvalue weighted by atomic mass is 9.96. The van der Waals surface area contributed by atoms with Crippen molar-refractivity contribution >= 4 is 28.0 Å². The summed E-state index contributed by atoms with van der Waals surface area (Å²) in [5.41, 5.74) is 2.55. The minimum atomic E-state index is -0.816. The first-order chi connectivity index (χ1) is 12.0. The molecule has 0 spiro atoms. The number of nitrogens with zero attached hydrogens (tertiary/aromatic N) is 1. The zero-order valence-corrected chi connectivity index (χ0v) is 15.4. The van der Waals surface area contributed by atoms with E-state index in [0.29, 0.717) is 12.0 Å². The van der Waals surface area contributed by atoms with Crippen LogP contribution in [0.2, 0.25) is 0 Å². The summed E-state index contributed by atoms with van der Waals surface area (Å²) in [6, 6.07) is 11.7. The second kappa shape index (κ2) is 7.26. The van der Waals surface area contributed by atoms with Crippen LogP contribution in [0.5, 0.6) is 0 Å². The van der Waals surface area contributed by atoms with Crippen LogP contribution in [0, 0.1) is 17.8 Å². The van der Waals surface area contributed by atoms with Crippen LogP contribution in [0.4, 0.5) is 0 Å². The minimum Gasteiger partial charge on any atom is -0.380 e. The van der Waals surface area contributed by atoms with Crippen LogP contribution < -0.4 is 0 Å². The summed E-state index contributed by atoms with van der Waals surface area (Å²) >= 11 is 1.55. The summed E-state index contributed by atoms with van der Waals surface area (Å²) in [6.07, 6.45) is -0.485. The van der Waals surface area contributed by atoms with Crippen molar-refractivity contribution in [1.29, 1.82) is 0 Å². The Balaban J connectivity index is 2.01. The van der Waals surface area contributed by atoms with Crippen molar-refractivity contribution in [2.24, 2.45) is 13.0 Å². The number of aliphatic hydroxyl groups is 1. The average molecular weight is 351 g/mol. The van der Waals surface area contributed by atoms with Gasteiger partial charge in [0.25, 0.3) is 0 Å². The van der Waals surface area contributed by atoms with Gasteiger partial charge in [-0.1, -0.05) is 50.0 Å². The van der Waals surface area contributed by atoms with Crippen LogP contribution in [0.25, 0.3) is 10.9 Å². The number of hydrogen-bond donors (Lipinski definition) is 1. The van der Waals surface area contributed by atoms with Crippen molar-refractivity contribution in [3.8, 4) is 11.8 Å². The maximum atomic E-state index is 12.8. The largest absolute Gasteiger partial charge is 0.380 e. The molecule has 1 atom stereocenters. The topological polar surface area (TPSA) is 42.2 Å². The lowest BCUT2D eigenvalue weighted by Gasteiger charge is -2.10. The molecule has 1 N–H and O–H groups in total. The number of carbonyl (C=O) groups excluding carboxylic acids is 1. The van der Waals surface area contributed by atoms with E-state index in [1.165, 1.54) is 0 Å². The molecule has 1 aromatic carbocycles. The molecule has 0 saturated carbocycles. The molecule has 0 amide bonds. The molecule has 0 fully saturated rings. The Morgan fingerprint density at radius 2 is 2.00 bits per heavy atom. The SMILES string of the molecule is CC(C)C(=O)c1c(CC(O)C#Cc2cccs2)n(C)c2ccccc12. The van der Waals surface area contributed by atoms with Gasteiger partial charge in [0.1, 0.15) is 6.10 Å². The van der Waals surface area contributed by atoms with Gasteiger partial charge in [-0.05, 0) is 17.5 Å². The number of aliphatic hydroxyl groups excluding tert-OH is 1. The van der Waals surface area contributed by atoms with E-state index in [2.05, 4.69) is 11.8 Å². The number of aryl methyl sites for hydroxylation is 1. The molecular weight excluding hydrogens is 330 g/mol. The molecule has 3 aromatic rings. The number of thiophene rings is 1. The van der Waals surface area contributed by atoms with Crippen LogP contribution in [-0.4, -0.2) is 21.6 Å². The highest BCUT2D eigenvalue weighted by Crippen LogP contribution is 2.28. The van der Waals surface area contributed by atoms with Crippen LogP contribution in [0.1, 0.15) is 34.8 Å². The minimum absolute atomic E-state index is 0.0982. The van der Waals surface area contributed by atoms with Gasteiger partial charge in [-0.3, -0.25) is 4.79 Å². The first kappa shape index (κ1) is 17.5. The van der Waals surface area contributed by atoms with Crippen LogP contribution in [0.3, 0.4) is 0 Å². The first-order valence-electron chi connectivity index (χ1n) is 8.32. The Morgan fingerprint density at radius 1 is 1.24 bits per heavy atom. The van der Waals surface area contributed by atoms with E-state index in [1.807, 2.05) is 67.2 Å². The molecule has 2 heterocycles. The molecule has 128 valence electrons. The van der Waals surface area contributed by atoms with Gasteiger partial charge in [0.2, 0.25) is 0 Å². The monoisotopic (exact) mass is 351 g/mol. The van der Waals surface area contributed by atoms with Crippen molar-refractivity contribution in [3.63, 3.8) is 0 Å². The lowest BCUT2D eigenvalue weighted by Crippen LogP contribution is -2.16. The fourth-order valence-corrected chi connectivity index (χ4v) is 3.57. The fourth-order valence-electron chi connectivity index (χ4n) is 2.99. The number of fused-ring (bicyclic) bond motifs is 1.